The van der Waals surface area contributed by atoms with Gasteiger partial charge in [-0.05, 0) is 50.6 Å². The average molecular weight is 359 g/mol. The molecule has 2 aromatic heterocycles. The molecule has 0 spiro atoms. The molecule has 0 unspecified atom stereocenters. The van der Waals surface area contributed by atoms with Crippen LogP contribution in [0.15, 0.2) is 64.6 Å². The minimum Gasteiger partial charge on any atom is -0.306 e. The number of rotatable bonds is 3. The predicted molar refractivity (Wildman–Crippen MR) is 89.6 cm³/mol. The van der Waals surface area contributed by atoms with Gasteiger partial charge in [-0.25, -0.2) is 4.98 Å². The van der Waals surface area contributed by atoms with E-state index in [1.54, 1.807) is 6.07 Å². The van der Waals surface area contributed by atoms with Crippen molar-refractivity contribution in [3.05, 3.63) is 69.5 Å². The third-order valence-corrected chi connectivity index (χ3v) is 4.26. The number of benzene rings is 1. The summed E-state index contributed by atoms with van der Waals surface area (Å²) >= 11 is 4.71. The molecule has 3 aromatic rings. The maximum atomic E-state index is 12.2. The lowest BCUT2D eigenvalue weighted by molar-refractivity contribution is 0.103. The van der Waals surface area contributed by atoms with Crippen molar-refractivity contribution < 1.29 is 4.79 Å². The lowest BCUT2D eigenvalue weighted by atomic mass is 10.1. The first-order valence-electron chi connectivity index (χ1n) is 6.30. The number of carbonyl (C=O) groups is 1. The van der Waals surface area contributed by atoms with E-state index in [0.717, 1.165) is 11.1 Å². The van der Waals surface area contributed by atoms with Gasteiger partial charge in [-0.1, -0.05) is 36.4 Å². The van der Waals surface area contributed by atoms with Crippen LogP contribution in [0.25, 0.3) is 11.1 Å². The van der Waals surface area contributed by atoms with Gasteiger partial charge in [0.15, 0.2) is 0 Å². The number of anilines is 1. The van der Waals surface area contributed by atoms with E-state index < -0.39 is 0 Å². The summed E-state index contributed by atoms with van der Waals surface area (Å²) in [7, 11) is 0. The maximum absolute atomic E-state index is 12.2. The maximum Gasteiger partial charge on any atom is 0.266 e. The second kappa shape index (κ2) is 6.20. The first-order chi connectivity index (χ1) is 10.2. The molecule has 0 fully saturated rings. The van der Waals surface area contributed by atoms with Crippen LogP contribution in [-0.2, 0) is 0 Å². The van der Waals surface area contributed by atoms with Gasteiger partial charge in [0.05, 0.1) is 4.88 Å². The molecule has 0 aliphatic rings. The fourth-order valence-electron chi connectivity index (χ4n) is 1.89. The van der Waals surface area contributed by atoms with E-state index in [9.17, 15) is 4.79 Å². The van der Waals surface area contributed by atoms with Crippen molar-refractivity contribution in [1.82, 2.24) is 4.98 Å². The predicted octanol–water partition coefficient (Wildman–Crippen LogP) is 4.82. The molecule has 0 bridgehead atoms. The Balaban J connectivity index is 1.78. The molecule has 0 saturated heterocycles. The number of nitrogens with one attached hydrogen (secondary N) is 1. The molecule has 0 saturated carbocycles. The summed E-state index contributed by atoms with van der Waals surface area (Å²) in [6.45, 7) is 0. The minimum absolute atomic E-state index is 0.146. The van der Waals surface area contributed by atoms with Crippen LogP contribution in [0.3, 0.4) is 0 Å². The highest BCUT2D eigenvalue weighted by Crippen LogP contribution is 2.26. The Morgan fingerprint density at radius 3 is 2.62 bits per heavy atom. The lowest BCUT2D eigenvalue weighted by Gasteiger charge is -2.02. The van der Waals surface area contributed by atoms with Gasteiger partial charge in [0.25, 0.3) is 5.91 Å². The molecule has 3 rings (SSSR count). The van der Waals surface area contributed by atoms with Gasteiger partial charge < -0.3 is 5.32 Å². The zero-order valence-electron chi connectivity index (χ0n) is 10.9. The van der Waals surface area contributed by atoms with Gasteiger partial charge in [-0.2, -0.15) is 0 Å². The quantitative estimate of drug-likeness (QED) is 0.681. The minimum atomic E-state index is -0.146. The Hall–Kier alpha value is -1.98. The summed E-state index contributed by atoms with van der Waals surface area (Å²) in [6.07, 6.45) is 0. The highest BCUT2D eigenvalue weighted by atomic mass is 79.9. The van der Waals surface area contributed by atoms with Crippen LogP contribution in [0.5, 0.6) is 0 Å². The molecule has 2 heterocycles. The van der Waals surface area contributed by atoms with Crippen LogP contribution >= 0.6 is 27.3 Å². The molecule has 0 aliphatic carbocycles. The van der Waals surface area contributed by atoms with Crippen LogP contribution in [0.1, 0.15) is 9.67 Å². The van der Waals surface area contributed by atoms with Gasteiger partial charge >= 0.3 is 0 Å². The monoisotopic (exact) mass is 358 g/mol. The van der Waals surface area contributed by atoms with E-state index in [4.69, 9.17) is 0 Å². The van der Waals surface area contributed by atoms with Gasteiger partial charge in [-0.15, -0.1) is 11.3 Å². The largest absolute Gasteiger partial charge is 0.306 e. The van der Waals surface area contributed by atoms with E-state index in [0.29, 0.717) is 15.3 Å². The van der Waals surface area contributed by atoms with Gasteiger partial charge in [-0.3, -0.25) is 4.79 Å². The van der Waals surface area contributed by atoms with Gasteiger partial charge in [0.1, 0.15) is 10.4 Å². The Bertz CT molecular complexity index is 771. The van der Waals surface area contributed by atoms with E-state index in [2.05, 4.69) is 26.2 Å². The molecule has 21 heavy (non-hydrogen) atoms. The summed E-state index contributed by atoms with van der Waals surface area (Å²) in [5.41, 5.74) is 2.15. The van der Waals surface area contributed by atoms with E-state index in [1.165, 1.54) is 11.3 Å². The molecule has 0 aliphatic heterocycles. The fourth-order valence-corrected chi connectivity index (χ4v) is 3.05. The van der Waals surface area contributed by atoms with Crippen LogP contribution in [0, 0.1) is 0 Å². The number of carbonyl (C=O) groups excluding carboxylic acids is 1. The summed E-state index contributed by atoms with van der Waals surface area (Å²) in [5, 5.41) is 4.78. The topological polar surface area (TPSA) is 42.0 Å². The number of pyridine rings is 1. The van der Waals surface area contributed by atoms with Crippen molar-refractivity contribution in [2.24, 2.45) is 0 Å². The van der Waals surface area contributed by atoms with E-state index >= 15 is 0 Å². The van der Waals surface area contributed by atoms with Gasteiger partial charge in [0.2, 0.25) is 0 Å². The fraction of sp³-hybridized carbons (Fsp3) is 0. The van der Waals surface area contributed by atoms with Crippen molar-refractivity contribution in [1.29, 1.82) is 0 Å². The molecule has 104 valence electrons. The highest BCUT2D eigenvalue weighted by Gasteiger charge is 2.11. The second-order valence-corrected chi connectivity index (χ2v) is 6.09. The summed E-state index contributed by atoms with van der Waals surface area (Å²) in [4.78, 5) is 17.1. The third kappa shape index (κ3) is 3.37. The lowest BCUT2D eigenvalue weighted by Crippen LogP contribution is -2.11. The number of aromatic nitrogens is 1. The van der Waals surface area contributed by atoms with Crippen molar-refractivity contribution >= 4 is 39.0 Å². The Labute approximate surface area is 134 Å². The van der Waals surface area contributed by atoms with Crippen molar-refractivity contribution in [3.63, 3.8) is 0 Å². The third-order valence-electron chi connectivity index (χ3n) is 2.89. The van der Waals surface area contributed by atoms with Crippen LogP contribution in [0.4, 0.5) is 5.82 Å². The molecule has 1 amide bonds. The Kier molecular flexibility index (Phi) is 4.13. The first-order valence-corrected chi connectivity index (χ1v) is 7.97. The smallest absolute Gasteiger partial charge is 0.266 e. The Morgan fingerprint density at radius 1 is 1.05 bits per heavy atom. The second-order valence-electron chi connectivity index (χ2n) is 4.37. The van der Waals surface area contributed by atoms with Crippen molar-refractivity contribution in [2.45, 2.75) is 0 Å². The Morgan fingerprint density at radius 2 is 1.86 bits per heavy atom. The van der Waals surface area contributed by atoms with Crippen molar-refractivity contribution in [2.75, 3.05) is 5.32 Å². The molecule has 1 aromatic carbocycles. The summed E-state index contributed by atoms with van der Waals surface area (Å²) < 4.78 is 0.691. The normalized spacial score (nSPS) is 10.3. The number of hydrogen-bond acceptors (Lipinski definition) is 3. The van der Waals surface area contributed by atoms with Crippen LogP contribution < -0.4 is 5.32 Å². The number of hydrogen-bond donors (Lipinski definition) is 1. The average Bonchev–Trinajstić information content (AvgIpc) is 2.98. The number of halogens is 1. The zero-order valence-corrected chi connectivity index (χ0v) is 13.3. The molecule has 5 heteroatoms. The number of amides is 1. The molecule has 3 nitrogen and oxygen atoms in total. The highest BCUT2D eigenvalue weighted by molar-refractivity contribution is 9.10. The van der Waals surface area contributed by atoms with Gasteiger partial charge in [0, 0.05) is 0 Å². The van der Waals surface area contributed by atoms with E-state index in [-0.39, 0.29) is 5.91 Å². The SMILES string of the molecule is O=C(Nc1cccc(Br)n1)c1cc(-c2ccccc2)cs1. The summed E-state index contributed by atoms with van der Waals surface area (Å²) in [6, 6.07) is 17.3. The molecular formula is C16H11BrN2OS. The molecular weight excluding hydrogens is 348 g/mol. The summed E-state index contributed by atoms with van der Waals surface area (Å²) in [5.74, 6) is 0.386. The van der Waals surface area contributed by atoms with Crippen LogP contribution in [0.2, 0.25) is 0 Å². The molecule has 0 radical (unpaired) electrons. The standard InChI is InChI=1S/C16H11BrN2OS/c17-14-7-4-8-15(18-14)19-16(20)13-9-12(10-21-13)11-5-2-1-3-6-11/h1-10H,(H,18,19,20). The van der Waals surface area contributed by atoms with Crippen molar-refractivity contribution in [3.8, 4) is 11.1 Å². The zero-order chi connectivity index (χ0) is 14.7. The van der Waals surface area contributed by atoms with E-state index in [1.807, 2.05) is 53.9 Å². The number of nitrogens with zero attached hydrogens (tertiary/aromatic N) is 1. The molecule has 0 atom stereocenters. The number of thiophene rings is 1. The molecule has 1 N–H and O–H groups in total. The van der Waals surface area contributed by atoms with Crippen LogP contribution in [-0.4, -0.2) is 10.9 Å². The first kappa shape index (κ1) is 14.0.